The molecule has 2 aromatic heterocycles. The molecule has 0 aliphatic carbocycles. The van der Waals surface area contributed by atoms with Crippen molar-refractivity contribution in [1.82, 2.24) is 24.9 Å². The summed E-state index contributed by atoms with van der Waals surface area (Å²) in [4.78, 5) is 24.4. The Balaban J connectivity index is 1.55. The number of hydrogen-bond donors (Lipinski definition) is 2. The SMILES string of the molecule is CCn1nc(C)cc1C(=O)NCC(=O)Nc1cccc(Cn2cccn2)c1. The molecule has 3 aromatic rings. The van der Waals surface area contributed by atoms with Gasteiger partial charge in [-0.3, -0.25) is 19.0 Å². The summed E-state index contributed by atoms with van der Waals surface area (Å²) in [5.41, 5.74) is 2.90. The van der Waals surface area contributed by atoms with Crippen LogP contribution in [0.3, 0.4) is 0 Å². The van der Waals surface area contributed by atoms with Gasteiger partial charge < -0.3 is 10.6 Å². The van der Waals surface area contributed by atoms with E-state index in [1.807, 2.05) is 50.4 Å². The van der Waals surface area contributed by atoms with Crippen molar-refractivity contribution in [3.05, 3.63) is 65.7 Å². The maximum atomic E-state index is 12.3. The van der Waals surface area contributed by atoms with Crippen molar-refractivity contribution in [1.29, 1.82) is 0 Å². The first-order valence-electron chi connectivity index (χ1n) is 8.74. The number of carbonyl (C=O) groups excluding carboxylic acids is 2. The second kappa shape index (κ2) is 8.31. The Morgan fingerprint density at radius 3 is 2.78 bits per heavy atom. The molecule has 1 aromatic carbocycles. The lowest BCUT2D eigenvalue weighted by Crippen LogP contribution is -2.34. The van der Waals surface area contributed by atoms with Gasteiger partial charge in [-0.05, 0) is 43.7 Å². The average molecular weight is 366 g/mol. The summed E-state index contributed by atoms with van der Waals surface area (Å²) < 4.78 is 3.42. The molecule has 0 aliphatic rings. The number of carbonyl (C=O) groups is 2. The molecule has 140 valence electrons. The molecule has 0 saturated heterocycles. The van der Waals surface area contributed by atoms with Crippen molar-refractivity contribution < 1.29 is 9.59 Å². The van der Waals surface area contributed by atoms with E-state index >= 15 is 0 Å². The third-order valence-electron chi connectivity index (χ3n) is 3.96. The van der Waals surface area contributed by atoms with Crippen LogP contribution in [0.15, 0.2) is 48.8 Å². The van der Waals surface area contributed by atoms with Crippen LogP contribution in [-0.4, -0.2) is 37.9 Å². The number of aryl methyl sites for hydroxylation is 2. The van der Waals surface area contributed by atoms with Crippen LogP contribution >= 0.6 is 0 Å². The minimum absolute atomic E-state index is 0.115. The Kier molecular flexibility index (Phi) is 5.65. The Hall–Kier alpha value is -3.42. The number of hydrogen-bond acceptors (Lipinski definition) is 4. The molecule has 0 atom stereocenters. The molecule has 0 saturated carbocycles. The van der Waals surface area contributed by atoms with Gasteiger partial charge in [0.1, 0.15) is 5.69 Å². The monoisotopic (exact) mass is 366 g/mol. The lowest BCUT2D eigenvalue weighted by Gasteiger charge is -2.09. The maximum absolute atomic E-state index is 12.3. The van der Waals surface area contributed by atoms with Crippen LogP contribution in [0.2, 0.25) is 0 Å². The summed E-state index contributed by atoms with van der Waals surface area (Å²) in [5.74, 6) is -0.612. The van der Waals surface area contributed by atoms with E-state index in [0.717, 1.165) is 11.3 Å². The minimum Gasteiger partial charge on any atom is -0.342 e. The Labute approximate surface area is 157 Å². The van der Waals surface area contributed by atoms with Crippen molar-refractivity contribution in [2.45, 2.75) is 26.9 Å². The van der Waals surface area contributed by atoms with E-state index in [0.29, 0.717) is 24.5 Å². The normalized spacial score (nSPS) is 10.6. The van der Waals surface area contributed by atoms with Gasteiger partial charge >= 0.3 is 0 Å². The highest BCUT2D eigenvalue weighted by Crippen LogP contribution is 2.11. The molecule has 8 nitrogen and oxygen atoms in total. The van der Waals surface area contributed by atoms with E-state index in [9.17, 15) is 9.59 Å². The van der Waals surface area contributed by atoms with Gasteiger partial charge in [-0.25, -0.2) is 0 Å². The van der Waals surface area contributed by atoms with Crippen LogP contribution in [0.4, 0.5) is 5.69 Å². The summed E-state index contributed by atoms with van der Waals surface area (Å²) in [5, 5.41) is 13.8. The Morgan fingerprint density at radius 2 is 2.04 bits per heavy atom. The zero-order valence-electron chi connectivity index (χ0n) is 15.3. The molecule has 0 bridgehead atoms. The molecular weight excluding hydrogens is 344 g/mol. The van der Waals surface area contributed by atoms with E-state index in [4.69, 9.17) is 0 Å². The third kappa shape index (κ3) is 4.81. The fraction of sp³-hybridized carbons (Fsp3) is 0.263. The van der Waals surface area contributed by atoms with Gasteiger partial charge in [-0.15, -0.1) is 0 Å². The van der Waals surface area contributed by atoms with Gasteiger partial charge in [0.2, 0.25) is 5.91 Å². The van der Waals surface area contributed by atoms with Gasteiger partial charge in [-0.2, -0.15) is 10.2 Å². The highest BCUT2D eigenvalue weighted by molar-refractivity contribution is 5.98. The lowest BCUT2D eigenvalue weighted by atomic mass is 10.2. The van der Waals surface area contributed by atoms with Gasteiger partial charge in [0, 0.05) is 24.6 Å². The maximum Gasteiger partial charge on any atom is 0.269 e. The molecule has 0 aliphatic heterocycles. The standard InChI is InChI=1S/C19H22N6O2/c1-3-25-17(10-14(2)23-25)19(27)20-12-18(26)22-16-7-4-6-15(11-16)13-24-9-5-8-21-24/h4-11H,3,12-13H2,1-2H3,(H,20,27)(H,22,26). The second-order valence-corrected chi connectivity index (χ2v) is 6.12. The molecule has 0 radical (unpaired) electrons. The second-order valence-electron chi connectivity index (χ2n) is 6.12. The van der Waals surface area contributed by atoms with E-state index < -0.39 is 0 Å². The molecule has 0 unspecified atom stereocenters. The Bertz CT molecular complexity index is 930. The van der Waals surface area contributed by atoms with Gasteiger partial charge in [0.25, 0.3) is 5.91 Å². The van der Waals surface area contributed by atoms with Crippen LogP contribution in [0.5, 0.6) is 0 Å². The number of benzene rings is 1. The van der Waals surface area contributed by atoms with Crippen molar-refractivity contribution >= 4 is 17.5 Å². The van der Waals surface area contributed by atoms with Crippen molar-refractivity contribution in [2.24, 2.45) is 0 Å². The summed E-state index contributed by atoms with van der Waals surface area (Å²) >= 11 is 0. The number of amides is 2. The van der Waals surface area contributed by atoms with E-state index in [1.54, 1.807) is 21.6 Å². The largest absolute Gasteiger partial charge is 0.342 e. The number of aromatic nitrogens is 4. The van der Waals surface area contributed by atoms with Gasteiger partial charge in [0.05, 0.1) is 18.8 Å². The molecule has 27 heavy (non-hydrogen) atoms. The molecule has 0 fully saturated rings. The molecule has 2 heterocycles. The minimum atomic E-state index is -0.319. The molecular formula is C19H22N6O2. The van der Waals surface area contributed by atoms with E-state index in [2.05, 4.69) is 20.8 Å². The fourth-order valence-corrected chi connectivity index (χ4v) is 2.75. The van der Waals surface area contributed by atoms with Crippen molar-refractivity contribution in [2.75, 3.05) is 11.9 Å². The first-order chi connectivity index (χ1) is 13.0. The molecule has 8 heteroatoms. The molecule has 0 spiro atoms. The quantitative estimate of drug-likeness (QED) is 0.667. The highest BCUT2D eigenvalue weighted by Gasteiger charge is 2.14. The molecule has 3 rings (SSSR count). The van der Waals surface area contributed by atoms with E-state index in [1.165, 1.54) is 0 Å². The topological polar surface area (TPSA) is 93.8 Å². The molecule has 2 amide bonds. The van der Waals surface area contributed by atoms with Gasteiger partial charge in [-0.1, -0.05) is 12.1 Å². The summed E-state index contributed by atoms with van der Waals surface area (Å²) in [6.45, 7) is 4.83. The lowest BCUT2D eigenvalue weighted by molar-refractivity contribution is -0.115. The number of rotatable bonds is 7. The number of nitrogens with one attached hydrogen (secondary N) is 2. The smallest absolute Gasteiger partial charge is 0.269 e. The Morgan fingerprint density at radius 1 is 1.19 bits per heavy atom. The summed E-state index contributed by atoms with van der Waals surface area (Å²) in [6.07, 6.45) is 3.60. The first-order valence-corrected chi connectivity index (χ1v) is 8.74. The van der Waals surface area contributed by atoms with Crippen LogP contribution in [0.25, 0.3) is 0 Å². The van der Waals surface area contributed by atoms with Crippen molar-refractivity contribution in [3.8, 4) is 0 Å². The molecule has 2 N–H and O–H groups in total. The van der Waals surface area contributed by atoms with Gasteiger partial charge in [0.15, 0.2) is 0 Å². The summed E-state index contributed by atoms with van der Waals surface area (Å²) in [7, 11) is 0. The predicted octanol–water partition coefficient (Wildman–Crippen LogP) is 1.82. The third-order valence-corrected chi connectivity index (χ3v) is 3.96. The predicted molar refractivity (Wildman–Crippen MR) is 101 cm³/mol. The summed E-state index contributed by atoms with van der Waals surface area (Å²) in [6, 6.07) is 11.1. The number of nitrogens with zero attached hydrogens (tertiary/aromatic N) is 4. The number of anilines is 1. The van der Waals surface area contributed by atoms with Crippen LogP contribution in [0, 0.1) is 6.92 Å². The van der Waals surface area contributed by atoms with Crippen LogP contribution in [-0.2, 0) is 17.9 Å². The van der Waals surface area contributed by atoms with Crippen molar-refractivity contribution in [3.63, 3.8) is 0 Å². The van der Waals surface area contributed by atoms with Crippen LogP contribution in [0.1, 0.15) is 28.7 Å². The van der Waals surface area contributed by atoms with E-state index in [-0.39, 0.29) is 18.4 Å². The highest BCUT2D eigenvalue weighted by atomic mass is 16.2. The average Bonchev–Trinajstić information content (AvgIpc) is 3.29. The van der Waals surface area contributed by atoms with Crippen LogP contribution < -0.4 is 10.6 Å². The zero-order valence-corrected chi connectivity index (χ0v) is 15.3. The first kappa shape index (κ1) is 18.4. The fourth-order valence-electron chi connectivity index (χ4n) is 2.75. The zero-order chi connectivity index (χ0) is 19.2.